The van der Waals surface area contributed by atoms with Gasteiger partial charge < -0.3 is 0 Å². The summed E-state index contributed by atoms with van der Waals surface area (Å²) < 4.78 is 0. The lowest BCUT2D eigenvalue weighted by molar-refractivity contribution is 0.658. The van der Waals surface area contributed by atoms with Crippen molar-refractivity contribution in [1.82, 2.24) is 4.98 Å². The van der Waals surface area contributed by atoms with Gasteiger partial charge in [0.1, 0.15) is 5.69 Å². The van der Waals surface area contributed by atoms with E-state index < -0.39 is 0 Å². The third kappa shape index (κ3) is 3.14. The van der Waals surface area contributed by atoms with Crippen LogP contribution in [0.2, 0.25) is 0 Å². The number of aromatic nitrogens is 1. The standard InChI is InChI=1S/C15H17NS/c1-4-12-6-5-7-14(16-12)15-9-8-13(17-15)10-11(2)3/h1,5-8,11,15H,9-10H2,2-3H3. The molecule has 1 aliphatic rings. The molecule has 2 heterocycles. The fraction of sp³-hybridized carbons (Fsp3) is 0.400. The van der Waals surface area contributed by atoms with Crippen LogP contribution in [-0.2, 0) is 0 Å². The Morgan fingerprint density at radius 1 is 1.53 bits per heavy atom. The molecule has 0 saturated carbocycles. The van der Waals surface area contributed by atoms with Crippen LogP contribution in [0.5, 0.6) is 0 Å². The van der Waals surface area contributed by atoms with Crippen molar-refractivity contribution in [2.45, 2.75) is 31.9 Å². The lowest BCUT2D eigenvalue weighted by Gasteiger charge is -2.10. The Bertz CT molecular complexity index is 468. The summed E-state index contributed by atoms with van der Waals surface area (Å²) in [7, 11) is 0. The van der Waals surface area contributed by atoms with Gasteiger partial charge in [0.15, 0.2) is 0 Å². The molecule has 1 aliphatic heterocycles. The number of terminal acetylenes is 1. The van der Waals surface area contributed by atoms with Crippen molar-refractivity contribution in [2.75, 3.05) is 0 Å². The Kier molecular flexibility index (Phi) is 3.91. The molecule has 1 nitrogen and oxygen atoms in total. The van der Waals surface area contributed by atoms with E-state index in [-0.39, 0.29) is 0 Å². The van der Waals surface area contributed by atoms with E-state index in [0.717, 1.165) is 23.7 Å². The van der Waals surface area contributed by atoms with Gasteiger partial charge in [-0.2, -0.15) is 0 Å². The first-order chi connectivity index (χ1) is 8.19. The predicted octanol–water partition coefficient (Wildman–Crippen LogP) is 4.17. The largest absolute Gasteiger partial charge is 0.243 e. The van der Waals surface area contributed by atoms with E-state index in [1.54, 1.807) is 0 Å². The van der Waals surface area contributed by atoms with E-state index in [4.69, 9.17) is 6.42 Å². The minimum atomic E-state index is 0.456. The molecule has 17 heavy (non-hydrogen) atoms. The summed E-state index contributed by atoms with van der Waals surface area (Å²) in [6, 6.07) is 5.95. The van der Waals surface area contributed by atoms with Crippen LogP contribution in [-0.4, -0.2) is 4.98 Å². The van der Waals surface area contributed by atoms with Crippen molar-refractivity contribution in [2.24, 2.45) is 5.92 Å². The fourth-order valence-corrected chi connectivity index (χ4v) is 3.38. The van der Waals surface area contributed by atoms with Crippen LogP contribution in [0.15, 0.2) is 29.2 Å². The minimum absolute atomic E-state index is 0.456. The van der Waals surface area contributed by atoms with Gasteiger partial charge in [-0.3, -0.25) is 0 Å². The van der Waals surface area contributed by atoms with Gasteiger partial charge in [0.25, 0.3) is 0 Å². The molecule has 0 saturated heterocycles. The average molecular weight is 243 g/mol. The molecule has 1 aromatic rings. The Hall–Kier alpha value is -1.20. The van der Waals surface area contributed by atoms with Crippen LogP contribution < -0.4 is 0 Å². The second kappa shape index (κ2) is 5.42. The Morgan fingerprint density at radius 3 is 3.06 bits per heavy atom. The number of allylic oxidation sites excluding steroid dienone is 2. The van der Waals surface area contributed by atoms with E-state index >= 15 is 0 Å². The third-order valence-electron chi connectivity index (χ3n) is 2.71. The van der Waals surface area contributed by atoms with Crippen LogP contribution in [0.4, 0.5) is 0 Å². The summed E-state index contributed by atoms with van der Waals surface area (Å²) >= 11 is 1.94. The van der Waals surface area contributed by atoms with E-state index in [0.29, 0.717) is 5.25 Å². The second-order valence-corrected chi connectivity index (χ2v) is 6.03. The lowest BCUT2D eigenvalue weighted by Crippen LogP contribution is -1.95. The van der Waals surface area contributed by atoms with Crippen molar-refractivity contribution in [3.8, 4) is 12.3 Å². The first-order valence-corrected chi connectivity index (χ1v) is 6.86. The SMILES string of the molecule is C#Cc1cccc(C2CC=C(CC(C)C)S2)n1. The van der Waals surface area contributed by atoms with Gasteiger partial charge in [-0.25, -0.2) is 4.98 Å². The van der Waals surface area contributed by atoms with Crippen LogP contribution in [0.3, 0.4) is 0 Å². The number of nitrogens with zero attached hydrogens (tertiary/aromatic N) is 1. The smallest absolute Gasteiger partial charge is 0.113 e. The molecule has 88 valence electrons. The van der Waals surface area contributed by atoms with Gasteiger partial charge in [0.2, 0.25) is 0 Å². The molecule has 0 aromatic carbocycles. The maximum atomic E-state index is 5.38. The summed E-state index contributed by atoms with van der Waals surface area (Å²) in [5.74, 6) is 3.32. The van der Waals surface area contributed by atoms with Crippen molar-refractivity contribution in [3.05, 3.63) is 40.6 Å². The van der Waals surface area contributed by atoms with Crippen molar-refractivity contribution < 1.29 is 0 Å². The summed E-state index contributed by atoms with van der Waals surface area (Å²) in [5.41, 5.74) is 1.85. The molecule has 1 atom stereocenters. The van der Waals surface area contributed by atoms with Gasteiger partial charge in [-0.1, -0.05) is 31.9 Å². The molecule has 0 radical (unpaired) electrons. The van der Waals surface area contributed by atoms with Crippen LogP contribution in [0.25, 0.3) is 0 Å². The van der Waals surface area contributed by atoms with Crippen molar-refractivity contribution in [1.29, 1.82) is 0 Å². The Morgan fingerprint density at radius 2 is 2.35 bits per heavy atom. The highest BCUT2D eigenvalue weighted by Gasteiger charge is 2.21. The van der Waals surface area contributed by atoms with Crippen LogP contribution >= 0.6 is 11.8 Å². The van der Waals surface area contributed by atoms with Crippen molar-refractivity contribution in [3.63, 3.8) is 0 Å². The number of pyridine rings is 1. The van der Waals surface area contributed by atoms with E-state index in [2.05, 4.69) is 36.9 Å². The molecule has 0 aliphatic carbocycles. The molecule has 1 aromatic heterocycles. The first kappa shape index (κ1) is 12.3. The highest BCUT2D eigenvalue weighted by Crippen LogP contribution is 2.45. The number of rotatable bonds is 3. The third-order valence-corrected chi connectivity index (χ3v) is 4.07. The maximum Gasteiger partial charge on any atom is 0.113 e. The average Bonchev–Trinajstić information content (AvgIpc) is 2.77. The summed E-state index contributed by atoms with van der Waals surface area (Å²) in [6.45, 7) is 4.51. The molecule has 2 heteroatoms. The fourth-order valence-electron chi connectivity index (χ4n) is 1.94. The van der Waals surface area contributed by atoms with Gasteiger partial charge in [0.05, 0.1) is 10.9 Å². The van der Waals surface area contributed by atoms with Crippen LogP contribution in [0, 0.1) is 18.3 Å². The summed E-state index contributed by atoms with van der Waals surface area (Å²) in [5, 5.41) is 0.456. The topological polar surface area (TPSA) is 12.9 Å². The monoisotopic (exact) mass is 243 g/mol. The van der Waals surface area contributed by atoms with Gasteiger partial charge in [0, 0.05) is 0 Å². The highest BCUT2D eigenvalue weighted by atomic mass is 32.2. The molecule has 0 spiro atoms. The zero-order chi connectivity index (χ0) is 12.3. The second-order valence-electron chi connectivity index (χ2n) is 4.70. The molecule has 0 amide bonds. The molecule has 1 unspecified atom stereocenters. The number of thioether (sulfide) groups is 1. The number of hydrogen-bond acceptors (Lipinski definition) is 2. The van der Waals surface area contributed by atoms with E-state index in [1.807, 2.05) is 23.9 Å². The molecule has 0 fully saturated rings. The first-order valence-electron chi connectivity index (χ1n) is 5.98. The highest BCUT2D eigenvalue weighted by molar-refractivity contribution is 8.03. The zero-order valence-corrected chi connectivity index (χ0v) is 11.1. The quantitative estimate of drug-likeness (QED) is 0.739. The van der Waals surface area contributed by atoms with E-state index in [1.165, 1.54) is 11.3 Å². The molecular formula is C15H17NS. The molecule has 0 bridgehead atoms. The lowest BCUT2D eigenvalue weighted by atomic mass is 10.1. The van der Waals surface area contributed by atoms with E-state index in [9.17, 15) is 0 Å². The minimum Gasteiger partial charge on any atom is -0.243 e. The Labute approximate surface area is 108 Å². The molecular weight excluding hydrogens is 226 g/mol. The van der Waals surface area contributed by atoms with Gasteiger partial charge in [-0.05, 0) is 35.8 Å². The van der Waals surface area contributed by atoms with Crippen molar-refractivity contribution >= 4 is 11.8 Å². The summed E-state index contributed by atoms with van der Waals surface area (Å²) in [6.07, 6.45) is 9.98. The van der Waals surface area contributed by atoms with Gasteiger partial charge >= 0.3 is 0 Å². The van der Waals surface area contributed by atoms with Crippen LogP contribution in [0.1, 0.15) is 43.3 Å². The summed E-state index contributed by atoms with van der Waals surface area (Å²) in [4.78, 5) is 5.99. The maximum absolute atomic E-state index is 5.38. The predicted molar refractivity (Wildman–Crippen MR) is 74.7 cm³/mol. The number of hydrogen-bond donors (Lipinski definition) is 0. The molecule has 2 rings (SSSR count). The normalized spacial score (nSPS) is 19.2. The zero-order valence-electron chi connectivity index (χ0n) is 10.3. The Balaban J connectivity index is 2.05. The molecule has 0 N–H and O–H groups in total. The van der Waals surface area contributed by atoms with Gasteiger partial charge in [-0.15, -0.1) is 18.2 Å².